The minimum atomic E-state index is -1.86. The van der Waals surface area contributed by atoms with Crippen LogP contribution in [-0.2, 0) is 33.3 Å². The van der Waals surface area contributed by atoms with E-state index in [2.05, 4.69) is 38.2 Å². The Morgan fingerprint density at radius 3 is 1.17 bits per heavy atom. The van der Waals surface area contributed by atoms with Crippen molar-refractivity contribution in [3.05, 3.63) is 24.3 Å². The first kappa shape index (κ1) is 66.7. The summed E-state index contributed by atoms with van der Waals surface area (Å²) in [5.74, 6) is -2.43. The molecule has 1 aliphatic heterocycles. The number of allylic oxidation sites excluding steroid dienone is 4. The molecular weight excluding hydrogens is 897 g/mol. The lowest BCUT2D eigenvalue weighted by Crippen LogP contribution is -2.60. The molecular formula is C60H110O11. The number of aliphatic hydroxyl groups excluding tert-OH is 3. The molecule has 1 aliphatic rings. The van der Waals surface area contributed by atoms with E-state index in [-0.39, 0.29) is 26.1 Å². The fourth-order valence-corrected chi connectivity index (χ4v) is 9.38. The summed E-state index contributed by atoms with van der Waals surface area (Å²) in [4.78, 5) is 37.1. The van der Waals surface area contributed by atoms with Crippen LogP contribution in [0.25, 0.3) is 0 Å². The number of ether oxygens (including phenoxy) is 4. The molecule has 0 aliphatic carbocycles. The number of aliphatic carboxylic acids is 1. The predicted molar refractivity (Wildman–Crippen MR) is 289 cm³/mol. The van der Waals surface area contributed by atoms with Crippen molar-refractivity contribution in [3.8, 4) is 0 Å². The van der Waals surface area contributed by atoms with Gasteiger partial charge in [-0.05, 0) is 44.9 Å². The second-order valence-electron chi connectivity index (χ2n) is 20.8. The molecule has 0 aromatic heterocycles. The van der Waals surface area contributed by atoms with Crippen molar-refractivity contribution in [1.82, 2.24) is 0 Å². The van der Waals surface area contributed by atoms with Gasteiger partial charge < -0.3 is 39.4 Å². The number of hydrogen-bond donors (Lipinski definition) is 4. The van der Waals surface area contributed by atoms with E-state index in [1.54, 1.807) is 0 Å². The molecule has 1 heterocycles. The maximum Gasteiger partial charge on any atom is 0.335 e. The number of unbranched alkanes of at least 4 members (excludes halogenated alkanes) is 37. The Morgan fingerprint density at radius 1 is 0.437 bits per heavy atom. The molecule has 0 aromatic carbocycles. The SMILES string of the molecule is CCCCCCC/C=C\C/C=C\CCCCCCCCCCCC(=O)OCC(COC1OC(C(=O)O)C(O)C(O)C1O)OC(=O)CCCCCCCCCCCCCCCCCCCCCCCCCC. The van der Waals surface area contributed by atoms with E-state index < -0.39 is 54.7 Å². The first-order chi connectivity index (χ1) is 34.7. The first-order valence-electron chi connectivity index (χ1n) is 29.9. The molecule has 1 saturated heterocycles. The normalized spacial score (nSPS) is 18.7. The molecule has 0 radical (unpaired) electrons. The molecule has 6 atom stereocenters. The number of carbonyl (C=O) groups is 3. The van der Waals surface area contributed by atoms with Gasteiger partial charge in [0.05, 0.1) is 6.61 Å². The topological polar surface area (TPSA) is 169 Å². The first-order valence-corrected chi connectivity index (χ1v) is 29.9. The summed E-state index contributed by atoms with van der Waals surface area (Å²) in [6.07, 6.45) is 50.9. The second-order valence-corrected chi connectivity index (χ2v) is 20.8. The third kappa shape index (κ3) is 40.7. The third-order valence-corrected chi connectivity index (χ3v) is 14.1. The molecule has 11 nitrogen and oxygen atoms in total. The third-order valence-electron chi connectivity index (χ3n) is 14.1. The van der Waals surface area contributed by atoms with E-state index in [1.807, 2.05) is 0 Å². The molecule has 0 amide bonds. The molecule has 71 heavy (non-hydrogen) atoms. The summed E-state index contributed by atoms with van der Waals surface area (Å²) < 4.78 is 21.9. The summed E-state index contributed by atoms with van der Waals surface area (Å²) in [7, 11) is 0. The van der Waals surface area contributed by atoms with Gasteiger partial charge in [-0.1, -0.05) is 256 Å². The maximum atomic E-state index is 12.9. The summed E-state index contributed by atoms with van der Waals surface area (Å²) in [5.41, 5.74) is 0. The number of carboxylic acids is 1. The lowest BCUT2D eigenvalue weighted by molar-refractivity contribution is -0.298. The fraction of sp³-hybridized carbons (Fsp3) is 0.883. The molecule has 416 valence electrons. The van der Waals surface area contributed by atoms with Crippen LogP contribution in [0.1, 0.15) is 290 Å². The minimum Gasteiger partial charge on any atom is -0.479 e. The highest BCUT2D eigenvalue weighted by Crippen LogP contribution is 2.24. The van der Waals surface area contributed by atoms with Crippen LogP contribution >= 0.6 is 0 Å². The van der Waals surface area contributed by atoms with Crippen LogP contribution in [0, 0.1) is 0 Å². The van der Waals surface area contributed by atoms with E-state index in [0.29, 0.717) is 12.8 Å². The van der Waals surface area contributed by atoms with Crippen molar-refractivity contribution in [1.29, 1.82) is 0 Å². The van der Waals surface area contributed by atoms with E-state index in [4.69, 9.17) is 18.9 Å². The van der Waals surface area contributed by atoms with Gasteiger partial charge in [-0.15, -0.1) is 0 Å². The van der Waals surface area contributed by atoms with Gasteiger partial charge >= 0.3 is 17.9 Å². The van der Waals surface area contributed by atoms with Crippen LogP contribution in [0.2, 0.25) is 0 Å². The number of hydrogen-bond acceptors (Lipinski definition) is 10. The monoisotopic (exact) mass is 1010 g/mol. The summed E-state index contributed by atoms with van der Waals surface area (Å²) in [6.45, 7) is 3.86. The number of carbonyl (C=O) groups excluding carboxylic acids is 2. The van der Waals surface area contributed by atoms with Crippen LogP contribution in [0.3, 0.4) is 0 Å². The van der Waals surface area contributed by atoms with Crippen LogP contribution in [0.5, 0.6) is 0 Å². The Hall–Kier alpha value is -2.31. The highest BCUT2D eigenvalue weighted by molar-refractivity contribution is 5.73. The summed E-state index contributed by atoms with van der Waals surface area (Å²) >= 11 is 0. The molecule has 1 fully saturated rings. The van der Waals surface area contributed by atoms with Gasteiger partial charge in [0, 0.05) is 12.8 Å². The van der Waals surface area contributed by atoms with Crippen LogP contribution < -0.4 is 0 Å². The van der Waals surface area contributed by atoms with Gasteiger partial charge in [-0.25, -0.2) is 4.79 Å². The Kier molecular flexibility index (Phi) is 46.9. The average Bonchev–Trinajstić information content (AvgIpc) is 3.36. The largest absolute Gasteiger partial charge is 0.479 e. The van der Waals surface area contributed by atoms with Crippen LogP contribution in [-0.4, -0.2) is 88.4 Å². The van der Waals surface area contributed by atoms with Gasteiger partial charge in [0.15, 0.2) is 18.5 Å². The highest BCUT2D eigenvalue weighted by atomic mass is 16.7. The van der Waals surface area contributed by atoms with E-state index >= 15 is 0 Å². The van der Waals surface area contributed by atoms with Gasteiger partial charge in [0.1, 0.15) is 24.9 Å². The van der Waals surface area contributed by atoms with E-state index in [9.17, 15) is 34.8 Å². The quantitative estimate of drug-likeness (QED) is 0.0260. The van der Waals surface area contributed by atoms with E-state index in [1.165, 1.54) is 199 Å². The number of esters is 2. The van der Waals surface area contributed by atoms with Crippen molar-refractivity contribution in [2.45, 2.75) is 327 Å². The van der Waals surface area contributed by atoms with Crippen molar-refractivity contribution in [2.24, 2.45) is 0 Å². The van der Waals surface area contributed by atoms with Gasteiger partial charge in [0.2, 0.25) is 0 Å². The van der Waals surface area contributed by atoms with Gasteiger partial charge in [-0.3, -0.25) is 9.59 Å². The lowest BCUT2D eigenvalue weighted by atomic mass is 9.99. The number of rotatable bonds is 52. The van der Waals surface area contributed by atoms with E-state index in [0.717, 1.165) is 51.4 Å². The van der Waals surface area contributed by atoms with Crippen molar-refractivity contribution in [2.75, 3.05) is 13.2 Å². The van der Waals surface area contributed by atoms with Crippen LogP contribution in [0.15, 0.2) is 24.3 Å². The second kappa shape index (κ2) is 49.9. The van der Waals surface area contributed by atoms with Gasteiger partial charge in [-0.2, -0.15) is 0 Å². The Balaban J connectivity index is 2.21. The smallest absolute Gasteiger partial charge is 0.335 e. The zero-order chi connectivity index (χ0) is 51.7. The number of carboxylic acid groups (broad SMARTS) is 1. The van der Waals surface area contributed by atoms with Gasteiger partial charge in [0.25, 0.3) is 0 Å². The lowest BCUT2D eigenvalue weighted by Gasteiger charge is -2.38. The molecule has 4 N–H and O–H groups in total. The number of aliphatic hydroxyl groups is 3. The molecule has 0 spiro atoms. The predicted octanol–water partition coefficient (Wildman–Crippen LogP) is 15.3. The molecule has 11 heteroatoms. The van der Waals surface area contributed by atoms with Crippen molar-refractivity contribution in [3.63, 3.8) is 0 Å². The van der Waals surface area contributed by atoms with Crippen molar-refractivity contribution >= 4 is 17.9 Å². The standard InChI is InChI=1S/C60H110O11/c1-3-5-7-9-11-13-15-17-19-21-23-25-26-27-29-31-33-35-37-39-41-43-45-47-49-54(62)70-52(51-69-60-57(65)55(63)56(64)58(71-60)59(66)67)50-68-53(61)48-46-44-42-40-38-36-34-32-30-28-24-22-20-18-16-14-12-10-8-6-4-2/h16,18,22,24,52,55-58,60,63-65H,3-15,17,19-21,23,25-51H2,1-2H3,(H,66,67)/b18-16-,24-22-. The van der Waals surface area contributed by atoms with Crippen LogP contribution in [0.4, 0.5) is 0 Å². The average molecular weight is 1010 g/mol. The maximum absolute atomic E-state index is 12.9. The Morgan fingerprint density at radius 2 is 0.789 bits per heavy atom. The summed E-state index contributed by atoms with van der Waals surface area (Å²) in [6, 6.07) is 0. The molecule has 6 unspecified atom stereocenters. The minimum absolute atomic E-state index is 0.188. The zero-order valence-corrected chi connectivity index (χ0v) is 45.7. The Labute approximate surface area is 434 Å². The zero-order valence-electron chi connectivity index (χ0n) is 45.7. The Bertz CT molecular complexity index is 1270. The highest BCUT2D eigenvalue weighted by Gasteiger charge is 2.47. The fourth-order valence-electron chi connectivity index (χ4n) is 9.38. The molecule has 0 saturated carbocycles. The molecule has 0 aromatic rings. The molecule has 1 rings (SSSR count). The molecule has 0 bridgehead atoms. The summed E-state index contributed by atoms with van der Waals surface area (Å²) in [5, 5.41) is 40.1. The van der Waals surface area contributed by atoms with Crippen molar-refractivity contribution < 1.29 is 53.8 Å².